The van der Waals surface area contributed by atoms with Gasteiger partial charge in [0, 0.05) is 38.8 Å². The van der Waals surface area contributed by atoms with Gasteiger partial charge >= 0.3 is 0 Å². The maximum absolute atomic E-state index is 13.0. The molecule has 1 atom stereocenters. The molecule has 0 spiro atoms. The number of ether oxygens (including phenoxy) is 1. The van der Waals surface area contributed by atoms with Gasteiger partial charge < -0.3 is 15.0 Å². The molecule has 0 unspecified atom stereocenters. The summed E-state index contributed by atoms with van der Waals surface area (Å²) >= 11 is 0. The van der Waals surface area contributed by atoms with E-state index in [4.69, 9.17) is 9.72 Å². The van der Waals surface area contributed by atoms with Crippen LogP contribution in [0.5, 0.6) is 5.88 Å². The van der Waals surface area contributed by atoms with Gasteiger partial charge in [0.05, 0.1) is 18.4 Å². The number of carbonyl (C=O) groups is 2. The van der Waals surface area contributed by atoms with Crippen LogP contribution in [0.25, 0.3) is 11.0 Å². The zero-order valence-corrected chi connectivity index (χ0v) is 19.0. The van der Waals surface area contributed by atoms with E-state index in [0.29, 0.717) is 31.2 Å². The molecule has 4 rings (SSSR count). The first kappa shape index (κ1) is 21.6. The Balaban J connectivity index is 1.41. The van der Waals surface area contributed by atoms with Crippen LogP contribution < -0.4 is 10.1 Å². The van der Waals surface area contributed by atoms with Crippen LogP contribution in [0, 0.1) is 25.7 Å². The lowest BCUT2D eigenvalue weighted by atomic mass is 9.95. The number of aryl methyl sites for hydroxylation is 3. The summed E-state index contributed by atoms with van der Waals surface area (Å²) in [5, 5.41) is 8.37. The molecule has 1 aliphatic heterocycles. The largest absolute Gasteiger partial charge is 0.479 e. The second-order valence-corrected chi connectivity index (χ2v) is 9.00. The summed E-state index contributed by atoms with van der Waals surface area (Å²) in [5.74, 6) is 1.36. The van der Waals surface area contributed by atoms with Crippen LogP contribution in [0.3, 0.4) is 0 Å². The third kappa shape index (κ3) is 4.52. The predicted molar refractivity (Wildman–Crippen MR) is 118 cm³/mol. The van der Waals surface area contributed by atoms with Crippen LogP contribution in [0.4, 0.5) is 0 Å². The van der Waals surface area contributed by atoms with Crippen molar-refractivity contribution in [3.05, 3.63) is 16.8 Å². The molecule has 8 nitrogen and oxygen atoms in total. The van der Waals surface area contributed by atoms with Crippen molar-refractivity contribution in [2.45, 2.75) is 52.4 Å². The summed E-state index contributed by atoms with van der Waals surface area (Å²) in [6.07, 6.45) is 5.21. The van der Waals surface area contributed by atoms with E-state index < -0.39 is 0 Å². The molecule has 2 aromatic heterocycles. The summed E-state index contributed by atoms with van der Waals surface area (Å²) < 4.78 is 7.16. The lowest BCUT2D eigenvalue weighted by Crippen LogP contribution is -2.45. The van der Waals surface area contributed by atoms with Crippen molar-refractivity contribution >= 4 is 22.8 Å². The third-order valence-corrected chi connectivity index (χ3v) is 6.71. The Kier molecular flexibility index (Phi) is 6.16. The van der Waals surface area contributed by atoms with Gasteiger partial charge in [0.2, 0.25) is 17.7 Å². The molecule has 1 saturated carbocycles. The number of methoxy groups -OCH3 is 1. The van der Waals surface area contributed by atoms with E-state index in [0.717, 1.165) is 53.8 Å². The van der Waals surface area contributed by atoms with E-state index in [-0.39, 0.29) is 17.7 Å². The zero-order chi connectivity index (χ0) is 22.1. The normalized spacial score (nSPS) is 19.0. The number of pyridine rings is 1. The van der Waals surface area contributed by atoms with Crippen molar-refractivity contribution in [3.8, 4) is 5.88 Å². The zero-order valence-electron chi connectivity index (χ0n) is 19.0. The minimum absolute atomic E-state index is 0.0856. The maximum Gasteiger partial charge on any atom is 0.242 e. The fraction of sp³-hybridized carbons (Fsp3) is 0.652. The van der Waals surface area contributed by atoms with Crippen LogP contribution >= 0.6 is 0 Å². The molecule has 0 radical (unpaired) electrons. The maximum atomic E-state index is 13.0. The van der Waals surface area contributed by atoms with Crippen molar-refractivity contribution in [2.24, 2.45) is 18.9 Å². The average Bonchev–Trinajstić information content (AvgIpc) is 3.54. The SMILES string of the molecule is COc1nn(C)c2nc(C)c(CCC(=O)N3CCC[C@H](C(=O)NCC4CC4)C3)c(C)c12. The molecule has 0 bridgehead atoms. The molecule has 2 aromatic rings. The Labute approximate surface area is 183 Å². The number of carbonyl (C=O) groups excluding carboxylic acids is 2. The van der Waals surface area contributed by atoms with Gasteiger partial charge in [0.15, 0.2) is 5.65 Å². The smallest absolute Gasteiger partial charge is 0.242 e. The number of fused-ring (bicyclic) bond motifs is 1. The monoisotopic (exact) mass is 427 g/mol. The number of piperidine rings is 1. The number of likely N-dealkylation sites (tertiary alicyclic amines) is 1. The topological polar surface area (TPSA) is 89.3 Å². The third-order valence-electron chi connectivity index (χ3n) is 6.71. The van der Waals surface area contributed by atoms with Gasteiger partial charge in [-0.25, -0.2) is 9.67 Å². The number of nitrogens with one attached hydrogen (secondary N) is 1. The van der Waals surface area contributed by atoms with Gasteiger partial charge in [-0.2, -0.15) is 0 Å². The highest BCUT2D eigenvalue weighted by Gasteiger charge is 2.30. The second kappa shape index (κ2) is 8.85. The summed E-state index contributed by atoms with van der Waals surface area (Å²) in [6.45, 7) is 6.07. The van der Waals surface area contributed by atoms with Gasteiger partial charge in [-0.1, -0.05) is 0 Å². The highest BCUT2D eigenvalue weighted by atomic mass is 16.5. The molecule has 31 heavy (non-hydrogen) atoms. The van der Waals surface area contributed by atoms with Crippen LogP contribution in [-0.2, 0) is 23.1 Å². The molecular formula is C23H33N5O3. The number of aromatic nitrogens is 3. The second-order valence-electron chi connectivity index (χ2n) is 9.00. The van der Waals surface area contributed by atoms with Gasteiger partial charge in [-0.15, -0.1) is 5.10 Å². The van der Waals surface area contributed by atoms with E-state index in [1.807, 2.05) is 25.8 Å². The predicted octanol–water partition coefficient (Wildman–Crippen LogP) is 2.29. The minimum Gasteiger partial charge on any atom is -0.479 e. The van der Waals surface area contributed by atoms with E-state index in [1.165, 1.54) is 12.8 Å². The number of hydrogen-bond acceptors (Lipinski definition) is 5. The Bertz CT molecular complexity index is 995. The molecule has 1 aliphatic carbocycles. The van der Waals surface area contributed by atoms with Crippen molar-refractivity contribution in [3.63, 3.8) is 0 Å². The first-order valence-corrected chi connectivity index (χ1v) is 11.3. The number of amides is 2. The molecule has 1 N–H and O–H groups in total. The summed E-state index contributed by atoms with van der Waals surface area (Å²) in [7, 11) is 3.46. The Hall–Kier alpha value is -2.64. The fourth-order valence-electron chi connectivity index (χ4n) is 4.63. The lowest BCUT2D eigenvalue weighted by Gasteiger charge is -2.32. The Morgan fingerprint density at radius 2 is 2.00 bits per heavy atom. The quantitative estimate of drug-likeness (QED) is 0.732. The number of nitrogens with zero attached hydrogens (tertiary/aromatic N) is 4. The summed E-state index contributed by atoms with van der Waals surface area (Å²) in [5.41, 5.74) is 3.84. The highest BCUT2D eigenvalue weighted by Crippen LogP contribution is 2.31. The van der Waals surface area contributed by atoms with E-state index in [1.54, 1.807) is 11.8 Å². The van der Waals surface area contributed by atoms with Gasteiger partial charge in [0.1, 0.15) is 0 Å². The van der Waals surface area contributed by atoms with Crippen LogP contribution in [0.1, 0.15) is 48.9 Å². The first-order valence-electron chi connectivity index (χ1n) is 11.3. The number of hydrogen-bond donors (Lipinski definition) is 1. The summed E-state index contributed by atoms with van der Waals surface area (Å²) in [4.78, 5) is 32.0. The van der Waals surface area contributed by atoms with Crippen molar-refractivity contribution < 1.29 is 14.3 Å². The molecule has 8 heteroatoms. The summed E-state index contributed by atoms with van der Waals surface area (Å²) in [6, 6.07) is 0. The standard InChI is InChI=1S/C23H33N5O3/c1-14-18(15(2)25-21-20(14)23(31-4)26-27(21)3)9-10-19(29)28-11-5-6-17(13-28)22(30)24-12-16-7-8-16/h16-17H,5-13H2,1-4H3,(H,24,30)/t17-/m0/s1. The Morgan fingerprint density at radius 1 is 1.23 bits per heavy atom. The molecule has 2 amide bonds. The lowest BCUT2D eigenvalue weighted by molar-refractivity contribution is -0.135. The molecule has 168 valence electrons. The average molecular weight is 428 g/mol. The highest BCUT2D eigenvalue weighted by molar-refractivity contribution is 5.86. The molecular weight excluding hydrogens is 394 g/mol. The van der Waals surface area contributed by atoms with Gasteiger partial charge in [0.25, 0.3) is 0 Å². The molecule has 0 aromatic carbocycles. The van der Waals surface area contributed by atoms with Gasteiger partial charge in [-0.3, -0.25) is 9.59 Å². The van der Waals surface area contributed by atoms with Gasteiger partial charge in [-0.05, 0) is 63.0 Å². The van der Waals surface area contributed by atoms with E-state index >= 15 is 0 Å². The van der Waals surface area contributed by atoms with E-state index in [9.17, 15) is 9.59 Å². The molecule has 3 heterocycles. The van der Waals surface area contributed by atoms with Crippen LogP contribution in [0.2, 0.25) is 0 Å². The van der Waals surface area contributed by atoms with Crippen molar-refractivity contribution in [1.29, 1.82) is 0 Å². The Morgan fingerprint density at radius 3 is 2.71 bits per heavy atom. The molecule has 2 aliphatic rings. The number of rotatable bonds is 7. The van der Waals surface area contributed by atoms with Crippen LogP contribution in [0.15, 0.2) is 0 Å². The minimum atomic E-state index is -0.0856. The van der Waals surface area contributed by atoms with Crippen molar-refractivity contribution in [1.82, 2.24) is 25.0 Å². The van der Waals surface area contributed by atoms with Crippen molar-refractivity contribution in [2.75, 3.05) is 26.7 Å². The fourth-order valence-corrected chi connectivity index (χ4v) is 4.63. The van der Waals surface area contributed by atoms with Crippen LogP contribution in [-0.4, -0.2) is 58.2 Å². The first-order chi connectivity index (χ1) is 14.9. The van der Waals surface area contributed by atoms with E-state index in [2.05, 4.69) is 10.4 Å². The molecule has 2 fully saturated rings. The molecule has 1 saturated heterocycles.